The van der Waals surface area contributed by atoms with Crippen molar-refractivity contribution in [3.8, 4) is 0 Å². The maximum absolute atomic E-state index is 13.3. The van der Waals surface area contributed by atoms with Gasteiger partial charge in [-0.05, 0) is 46.0 Å². The molecule has 29 heavy (non-hydrogen) atoms. The molecule has 0 aromatic rings. The summed E-state index contributed by atoms with van der Waals surface area (Å²) in [6.07, 6.45) is 1.10. The molecule has 7 heteroatoms. The third-order valence-corrected chi connectivity index (χ3v) is 4.27. The van der Waals surface area contributed by atoms with Crippen LogP contribution in [0.1, 0.15) is 69.2 Å². The van der Waals surface area contributed by atoms with E-state index in [-0.39, 0.29) is 24.5 Å². The van der Waals surface area contributed by atoms with Crippen molar-refractivity contribution < 1.29 is 23.9 Å². The van der Waals surface area contributed by atoms with E-state index in [1.54, 1.807) is 52.6 Å². The van der Waals surface area contributed by atoms with Crippen LogP contribution in [0.3, 0.4) is 0 Å². The fourth-order valence-electron chi connectivity index (χ4n) is 2.75. The standard InChI is InChI=1S/C22H40N2O5/c1-12-28-19(26)15(4)13-16(14(2)3)24(11)18(25)17(21(5,6)7)23-20(27)29-22(8,9)10/h13-14,16-17H,12H2,1-11H3,(H,23,27)/b15-13+/t16?,17-/m1/s1. The Morgan fingerprint density at radius 3 is 1.97 bits per heavy atom. The van der Waals surface area contributed by atoms with Gasteiger partial charge in [-0.15, -0.1) is 0 Å². The lowest BCUT2D eigenvalue weighted by molar-refractivity contribution is -0.139. The van der Waals surface area contributed by atoms with E-state index in [0.29, 0.717) is 5.57 Å². The van der Waals surface area contributed by atoms with E-state index in [9.17, 15) is 14.4 Å². The van der Waals surface area contributed by atoms with Gasteiger partial charge >= 0.3 is 12.1 Å². The summed E-state index contributed by atoms with van der Waals surface area (Å²) in [4.78, 5) is 39.2. The first kappa shape index (κ1) is 27.0. The molecule has 7 nitrogen and oxygen atoms in total. The molecule has 2 amide bonds. The first-order valence-corrected chi connectivity index (χ1v) is 10.1. The number of likely N-dealkylation sites (N-methyl/N-ethyl adjacent to an activating group) is 1. The highest BCUT2D eigenvalue weighted by atomic mass is 16.6. The Morgan fingerprint density at radius 2 is 1.59 bits per heavy atom. The van der Waals surface area contributed by atoms with Gasteiger partial charge in [0.15, 0.2) is 0 Å². The number of nitrogens with one attached hydrogen (secondary N) is 1. The smallest absolute Gasteiger partial charge is 0.408 e. The number of hydrogen-bond acceptors (Lipinski definition) is 5. The predicted molar refractivity (Wildman–Crippen MR) is 114 cm³/mol. The van der Waals surface area contributed by atoms with Gasteiger partial charge in [0, 0.05) is 12.6 Å². The van der Waals surface area contributed by atoms with Gasteiger partial charge in [-0.1, -0.05) is 40.7 Å². The van der Waals surface area contributed by atoms with E-state index in [4.69, 9.17) is 9.47 Å². The van der Waals surface area contributed by atoms with Crippen molar-refractivity contribution in [2.24, 2.45) is 11.3 Å². The zero-order chi connectivity index (χ0) is 23.2. The Kier molecular flexibility index (Phi) is 9.90. The zero-order valence-corrected chi connectivity index (χ0v) is 20.0. The van der Waals surface area contributed by atoms with Crippen LogP contribution in [0.15, 0.2) is 11.6 Å². The van der Waals surface area contributed by atoms with E-state index in [2.05, 4.69) is 5.32 Å². The molecule has 0 radical (unpaired) electrons. The second kappa shape index (κ2) is 10.6. The Bertz CT molecular complexity index is 612. The fourth-order valence-corrected chi connectivity index (χ4v) is 2.75. The van der Waals surface area contributed by atoms with Crippen LogP contribution in [0, 0.1) is 11.3 Å². The van der Waals surface area contributed by atoms with E-state index < -0.39 is 29.1 Å². The Morgan fingerprint density at radius 1 is 1.07 bits per heavy atom. The molecule has 1 N–H and O–H groups in total. The molecule has 0 rings (SSSR count). The van der Waals surface area contributed by atoms with Crippen LogP contribution in [-0.4, -0.2) is 54.2 Å². The number of rotatable bonds is 7. The number of hydrogen-bond donors (Lipinski definition) is 1. The van der Waals surface area contributed by atoms with Gasteiger partial charge in [-0.3, -0.25) is 4.79 Å². The SMILES string of the molecule is CCOC(=O)/C(C)=C/C(C(C)C)N(C)C(=O)[C@@H](NC(=O)OC(C)(C)C)C(C)(C)C. The van der Waals surface area contributed by atoms with Crippen LogP contribution in [0.2, 0.25) is 0 Å². The van der Waals surface area contributed by atoms with Crippen molar-refractivity contribution in [3.05, 3.63) is 11.6 Å². The van der Waals surface area contributed by atoms with Gasteiger partial charge in [0.2, 0.25) is 5.91 Å². The van der Waals surface area contributed by atoms with Crippen LogP contribution >= 0.6 is 0 Å². The Hall–Kier alpha value is -2.05. The largest absolute Gasteiger partial charge is 0.463 e. The summed E-state index contributed by atoms with van der Waals surface area (Å²) in [6, 6.07) is -1.13. The minimum absolute atomic E-state index is 0.0514. The molecule has 0 fully saturated rings. The van der Waals surface area contributed by atoms with Crippen molar-refractivity contribution in [1.29, 1.82) is 0 Å². The number of esters is 1. The third-order valence-electron chi connectivity index (χ3n) is 4.27. The molecule has 0 aromatic heterocycles. The highest BCUT2D eigenvalue weighted by Gasteiger charge is 2.38. The molecule has 0 spiro atoms. The Balaban J connectivity index is 5.71. The maximum atomic E-state index is 13.3. The second-order valence-electron chi connectivity index (χ2n) is 9.70. The average molecular weight is 413 g/mol. The summed E-state index contributed by atoms with van der Waals surface area (Å²) in [5.74, 6) is -0.608. The van der Waals surface area contributed by atoms with E-state index >= 15 is 0 Å². The number of nitrogens with zero attached hydrogens (tertiary/aromatic N) is 1. The molecule has 0 aliphatic heterocycles. The molecule has 1 unspecified atom stereocenters. The minimum Gasteiger partial charge on any atom is -0.463 e. The van der Waals surface area contributed by atoms with E-state index in [0.717, 1.165) is 0 Å². The second-order valence-corrected chi connectivity index (χ2v) is 9.70. The molecule has 0 aliphatic carbocycles. The van der Waals surface area contributed by atoms with Crippen LogP contribution in [0.4, 0.5) is 4.79 Å². The third kappa shape index (κ3) is 9.33. The topological polar surface area (TPSA) is 84.9 Å². The van der Waals surface area contributed by atoms with Gasteiger partial charge in [-0.25, -0.2) is 9.59 Å². The molecular formula is C22H40N2O5. The number of carbonyl (C=O) groups is 3. The average Bonchev–Trinajstić information content (AvgIpc) is 2.53. The molecule has 0 heterocycles. The summed E-state index contributed by atoms with van der Waals surface area (Å²) < 4.78 is 10.4. The predicted octanol–water partition coefficient (Wildman–Crippen LogP) is 3.92. The van der Waals surface area contributed by atoms with E-state index in [1.807, 2.05) is 34.6 Å². The van der Waals surface area contributed by atoms with Crippen LogP contribution in [-0.2, 0) is 19.1 Å². The lowest BCUT2D eigenvalue weighted by atomic mass is 9.85. The van der Waals surface area contributed by atoms with Gasteiger partial charge in [0.25, 0.3) is 0 Å². The molecule has 0 saturated heterocycles. The number of carbonyl (C=O) groups excluding carboxylic acids is 3. The molecule has 168 valence electrons. The van der Waals surface area contributed by atoms with E-state index in [1.165, 1.54) is 0 Å². The van der Waals surface area contributed by atoms with Gasteiger partial charge in [0.1, 0.15) is 11.6 Å². The number of amides is 2. The van der Waals surface area contributed by atoms with Gasteiger partial charge < -0.3 is 19.7 Å². The fraction of sp³-hybridized carbons (Fsp3) is 0.773. The molecule has 0 bridgehead atoms. The van der Waals surface area contributed by atoms with Crippen molar-refractivity contribution in [2.75, 3.05) is 13.7 Å². The lowest BCUT2D eigenvalue weighted by Gasteiger charge is -2.37. The zero-order valence-electron chi connectivity index (χ0n) is 20.0. The molecule has 0 aliphatic rings. The van der Waals surface area contributed by atoms with Crippen molar-refractivity contribution in [2.45, 2.75) is 86.9 Å². The van der Waals surface area contributed by atoms with Crippen LogP contribution in [0.5, 0.6) is 0 Å². The monoisotopic (exact) mass is 412 g/mol. The van der Waals surface area contributed by atoms with Crippen molar-refractivity contribution in [1.82, 2.24) is 10.2 Å². The summed E-state index contributed by atoms with van der Waals surface area (Å²) in [7, 11) is 1.68. The first-order valence-electron chi connectivity index (χ1n) is 10.1. The van der Waals surface area contributed by atoms with Gasteiger partial charge in [-0.2, -0.15) is 0 Å². The lowest BCUT2D eigenvalue weighted by Crippen LogP contribution is -2.56. The maximum Gasteiger partial charge on any atom is 0.408 e. The van der Waals surface area contributed by atoms with Crippen LogP contribution in [0.25, 0.3) is 0 Å². The van der Waals surface area contributed by atoms with Crippen molar-refractivity contribution >= 4 is 18.0 Å². The minimum atomic E-state index is -0.792. The highest BCUT2D eigenvalue weighted by molar-refractivity contribution is 5.89. The number of ether oxygens (including phenoxy) is 2. The first-order chi connectivity index (χ1) is 13.0. The van der Waals surface area contributed by atoms with Crippen molar-refractivity contribution in [3.63, 3.8) is 0 Å². The van der Waals surface area contributed by atoms with Gasteiger partial charge in [0.05, 0.1) is 12.6 Å². The molecule has 0 saturated carbocycles. The quantitative estimate of drug-likeness (QED) is 0.506. The summed E-state index contributed by atoms with van der Waals surface area (Å²) in [5.41, 5.74) is -0.761. The number of alkyl carbamates (subject to hydrolysis) is 1. The highest BCUT2D eigenvalue weighted by Crippen LogP contribution is 2.24. The molecular weight excluding hydrogens is 372 g/mol. The van der Waals surface area contributed by atoms with Crippen LogP contribution < -0.4 is 5.32 Å². The summed E-state index contributed by atoms with van der Waals surface area (Å²) in [6.45, 7) is 18.6. The summed E-state index contributed by atoms with van der Waals surface area (Å²) in [5, 5.41) is 2.72. The molecule has 0 aromatic carbocycles. The summed E-state index contributed by atoms with van der Waals surface area (Å²) >= 11 is 0. The Labute approximate surface area is 176 Å². The normalized spacial score (nSPS) is 14.8. The molecule has 2 atom stereocenters.